The van der Waals surface area contributed by atoms with Crippen molar-refractivity contribution in [2.75, 3.05) is 36.0 Å². The number of fused-ring (bicyclic) bond motifs is 1. The third kappa shape index (κ3) is 3.59. The van der Waals surface area contributed by atoms with E-state index in [0.717, 1.165) is 67.8 Å². The molecular weight excluding hydrogens is 376 g/mol. The van der Waals surface area contributed by atoms with Gasteiger partial charge in [0.05, 0.1) is 5.69 Å². The van der Waals surface area contributed by atoms with Crippen LogP contribution in [0.25, 0.3) is 5.65 Å². The molecule has 0 aromatic carbocycles. The topological polar surface area (TPSA) is 75.3 Å². The minimum absolute atomic E-state index is 0.0220. The van der Waals surface area contributed by atoms with Gasteiger partial charge in [0.25, 0.3) is 0 Å². The molecule has 0 radical (unpaired) electrons. The maximum Gasteiger partial charge on any atom is 0.178 e. The molecule has 5 heterocycles. The van der Waals surface area contributed by atoms with Gasteiger partial charge in [-0.05, 0) is 49.9 Å². The van der Waals surface area contributed by atoms with E-state index < -0.39 is 0 Å². The lowest BCUT2D eigenvalue weighted by Gasteiger charge is -2.32. The molecule has 8 nitrogen and oxygen atoms in total. The van der Waals surface area contributed by atoms with Crippen LogP contribution in [0.2, 0.25) is 0 Å². The molecule has 3 aromatic heterocycles. The zero-order valence-corrected chi connectivity index (χ0v) is 18.1. The summed E-state index contributed by atoms with van der Waals surface area (Å²) in [4.78, 5) is 4.67. The Bertz CT molecular complexity index is 1010. The van der Waals surface area contributed by atoms with Crippen molar-refractivity contribution < 1.29 is 0 Å². The lowest BCUT2D eigenvalue weighted by atomic mass is 9.92. The van der Waals surface area contributed by atoms with E-state index in [2.05, 4.69) is 69.2 Å². The normalized spacial score (nSPS) is 18.5. The van der Waals surface area contributed by atoms with Crippen LogP contribution in [0.5, 0.6) is 0 Å². The standard InChI is InChI=1S/C22H30N8/c1-22(2,3)17-6-7-18(24-23-17)29-14-10-16(11-15-29)21-26-25-19-8-9-20(27-30(19)21)28-12-4-5-13-28/h6-9,16H,4-5,10-15H2,1-3H3. The van der Waals surface area contributed by atoms with Crippen LogP contribution in [0.15, 0.2) is 24.3 Å². The van der Waals surface area contributed by atoms with Gasteiger partial charge in [-0.15, -0.1) is 20.4 Å². The second kappa shape index (κ2) is 7.49. The van der Waals surface area contributed by atoms with E-state index in [1.165, 1.54) is 12.8 Å². The number of rotatable bonds is 3. The molecule has 0 unspecified atom stereocenters. The molecule has 0 N–H and O–H groups in total. The van der Waals surface area contributed by atoms with Gasteiger partial charge in [-0.1, -0.05) is 20.8 Å². The third-order valence-electron chi connectivity index (χ3n) is 6.31. The second-order valence-corrected chi connectivity index (χ2v) is 9.50. The first-order chi connectivity index (χ1) is 14.5. The van der Waals surface area contributed by atoms with Crippen molar-refractivity contribution in [3.63, 3.8) is 0 Å². The van der Waals surface area contributed by atoms with Gasteiger partial charge in [0, 0.05) is 37.5 Å². The fourth-order valence-corrected chi connectivity index (χ4v) is 4.43. The number of anilines is 2. The van der Waals surface area contributed by atoms with Crippen molar-refractivity contribution in [2.24, 2.45) is 0 Å². The number of hydrogen-bond acceptors (Lipinski definition) is 7. The van der Waals surface area contributed by atoms with Gasteiger partial charge in [0.15, 0.2) is 17.3 Å². The Balaban J connectivity index is 1.30. The molecule has 0 aliphatic carbocycles. The third-order valence-corrected chi connectivity index (χ3v) is 6.31. The molecule has 5 rings (SSSR count). The number of hydrogen-bond donors (Lipinski definition) is 0. The molecule has 3 aromatic rings. The van der Waals surface area contributed by atoms with Crippen LogP contribution >= 0.6 is 0 Å². The van der Waals surface area contributed by atoms with Gasteiger partial charge < -0.3 is 9.80 Å². The van der Waals surface area contributed by atoms with Gasteiger partial charge in [-0.25, -0.2) is 0 Å². The molecule has 30 heavy (non-hydrogen) atoms. The molecule has 2 saturated heterocycles. The van der Waals surface area contributed by atoms with E-state index in [1.807, 2.05) is 10.6 Å². The van der Waals surface area contributed by atoms with Crippen molar-refractivity contribution in [3.05, 3.63) is 35.8 Å². The first kappa shape index (κ1) is 19.2. The Morgan fingerprint density at radius 1 is 0.767 bits per heavy atom. The van der Waals surface area contributed by atoms with Crippen LogP contribution in [-0.2, 0) is 5.41 Å². The smallest absolute Gasteiger partial charge is 0.178 e. The van der Waals surface area contributed by atoms with Crippen LogP contribution in [0.3, 0.4) is 0 Å². The van der Waals surface area contributed by atoms with Crippen LogP contribution in [0.1, 0.15) is 63.9 Å². The van der Waals surface area contributed by atoms with Crippen molar-refractivity contribution >= 4 is 17.3 Å². The predicted octanol–water partition coefficient (Wildman–Crippen LogP) is 3.20. The first-order valence-corrected chi connectivity index (χ1v) is 11.1. The fourth-order valence-electron chi connectivity index (χ4n) is 4.43. The van der Waals surface area contributed by atoms with Crippen molar-refractivity contribution in [1.29, 1.82) is 0 Å². The number of nitrogens with zero attached hydrogens (tertiary/aromatic N) is 8. The minimum atomic E-state index is 0.0220. The van der Waals surface area contributed by atoms with E-state index in [0.29, 0.717) is 5.92 Å². The lowest BCUT2D eigenvalue weighted by molar-refractivity contribution is 0.473. The molecular formula is C22H30N8. The zero-order valence-electron chi connectivity index (χ0n) is 18.1. The maximum atomic E-state index is 4.88. The molecule has 2 aliphatic heterocycles. The largest absolute Gasteiger partial charge is 0.355 e. The highest BCUT2D eigenvalue weighted by molar-refractivity contribution is 5.46. The van der Waals surface area contributed by atoms with Gasteiger partial charge in [-0.2, -0.15) is 9.61 Å². The lowest BCUT2D eigenvalue weighted by Crippen LogP contribution is -2.34. The first-order valence-electron chi connectivity index (χ1n) is 11.1. The summed E-state index contributed by atoms with van der Waals surface area (Å²) in [5.41, 5.74) is 1.88. The number of aromatic nitrogens is 6. The van der Waals surface area contributed by atoms with Crippen molar-refractivity contribution in [3.8, 4) is 0 Å². The van der Waals surface area contributed by atoms with Crippen molar-refractivity contribution in [2.45, 2.75) is 57.8 Å². The van der Waals surface area contributed by atoms with E-state index in [1.54, 1.807) is 0 Å². The molecule has 8 heteroatoms. The fraction of sp³-hybridized carbons (Fsp3) is 0.591. The van der Waals surface area contributed by atoms with E-state index in [4.69, 9.17) is 5.10 Å². The molecule has 0 spiro atoms. The average molecular weight is 407 g/mol. The minimum Gasteiger partial charge on any atom is -0.355 e. The SMILES string of the molecule is CC(C)(C)c1ccc(N2CCC(c3nnc4ccc(N5CCCC5)nn34)CC2)nn1. The van der Waals surface area contributed by atoms with Crippen LogP contribution in [0.4, 0.5) is 11.6 Å². The summed E-state index contributed by atoms with van der Waals surface area (Å²) < 4.78 is 1.96. The van der Waals surface area contributed by atoms with Crippen LogP contribution < -0.4 is 9.80 Å². The highest BCUT2D eigenvalue weighted by atomic mass is 15.4. The molecule has 0 amide bonds. The van der Waals surface area contributed by atoms with Crippen LogP contribution in [0, 0.1) is 0 Å². The molecule has 0 saturated carbocycles. The zero-order chi connectivity index (χ0) is 20.7. The average Bonchev–Trinajstić information content (AvgIpc) is 3.43. The van der Waals surface area contributed by atoms with E-state index in [-0.39, 0.29) is 5.41 Å². The molecule has 2 fully saturated rings. The maximum absolute atomic E-state index is 4.88. The number of piperidine rings is 1. The molecule has 0 bridgehead atoms. The van der Waals surface area contributed by atoms with Crippen molar-refractivity contribution in [1.82, 2.24) is 30.0 Å². The predicted molar refractivity (Wildman–Crippen MR) is 117 cm³/mol. The molecule has 2 aliphatic rings. The Kier molecular flexibility index (Phi) is 4.79. The van der Waals surface area contributed by atoms with Gasteiger partial charge >= 0.3 is 0 Å². The summed E-state index contributed by atoms with van der Waals surface area (Å²) >= 11 is 0. The Morgan fingerprint density at radius 3 is 2.13 bits per heavy atom. The van der Waals surface area contributed by atoms with E-state index in [9.17, 15) is 0 Å². The Morgan fingerprint density at radius 2 is 1.47 bits per heavy atom. The Labute approximate surface area is 177 Å². The highest BCUT2D eigenvalue weighted by Crippen LogP contribution is 2.30. The summed E-state index contributed by atoms with van der Waals surface area (Å²) in [7, 11) is 0. The second-order valence-electron chi connectivity index (χ2n) is 9.50. The van der Waals surface area contributed by atoms with Gasteiger partial charge in [-0.3, -0.25) is 0 Å². The summed E-state index contributed by atoms with van der Waals surface area (Å²) in [6.07, 6.45) is 4.51. The molecule has 158 valence electrons. The summed E-state index contributed by atoms with van der Waals surface area (Å²) in [5, 5.41) is 22.7. The van der Waals surface area contributed by atoms with Crippen LogP contribution in [-0.4, -0.2) is 56.2 Å². The molecule has 0 atom stereocenters. The summed E-state index contributed by atoms with van der Waals surface area (Å²) in [6, 6.07) is 8.31. The highest BCUT2D eigenvalue weighted by Gasteiger charge is 2.27. The summed E-state index contributed by atoms with van der Waals surface area (Å²) in [6.45, 7) is 10.5. The van der Waals surface area contributed by atoms with Gasteiger partial charge in [0.2, 0.25) is 0 Å². The summed E-state index contributed by atoms with van der Waals surface area (Å²) in [5.74, 6) is 3.34. The quantitative estimate of drug-likeness (QED) is 0.661. The van der Waals surface area contributed by atoms with E-state index >= 15 is 0 Å². The van der Waals surface area contributed by atoms with Gasteiger partial charge in [0.1, 0.15) is 5.82 Å². The Hall–Kier alpha value is -2.77. The monoisotopic (exact) mass is 406 g/mol.